The summed E-state index contributed by atoms with van der Waals surface area (Å²) in [6.45, 7) is 3.15. The molecular formula is C11H20N4S. The molecule has 0 fully saturated rings. The Morgan fingerprint density at radius 1 is 1.62 bits per heavy atom. The summed E-state index contributed by atoms with van der Waals surface area (Å²) in [6.07, 6.45) is 3.91. The molecule has 1 aromatic rings. The summed E-state index contributed by atoms with van der Waals surface area (Å²) in [6, 6.07) is 4.56. The van der Waals surface area contributed by atoms with Crippen molar-refractivity contribution in [2.75, 3.05) is 24.5 Å². The molecule has 0 saturated heterocycles. The first-order valence-corrected chi connectivity index (χ1v) is 6.67. The number of nitrogens with one attached hydrogen (secondary N) is 1. The minimum atomic E-state index is 0.567. The number of nitrogen functional groups attached to an aromatic ring is 1. The highest BCUT2D eigenvalue weighted by Gasteiger charge is 2.09. The Bertz CT molecular complexity index is 319. The molecule has 0 aliphatic carbocycles. The average Bonchev–Trinajstić information content (AvgIpc) is 2.29. The summed E-state index contributed by atoms with van der Waals surface area (Å²) < 4.78 is 0. The molecule has 1 heterocycles. The van der Waals surface area contributed by atoms with Gasteiger partial charge in [0, 0.05) is 24.5 Å². The van der Waals surface area contributed by atoms with Gasteiger partial charge in [-0.3, -0.25) is 4.90 Å². The van der Waals surface area contributed by atoms with Gasteiger partial charge in [-0.25, -0.2) is 10.8 Å². The zero-order valence-corrected chi connectivity index (χ0v) is 10.9. The second kappa shape index (κ2) is 6.73. The van der Waals surface area contributed by atoms with Crippen molar-refractivity contribution in [3.05, 3.63) is 23.9 Å². The molecule has 16 heavy (non-hydrogen) atoms. The number of nitrogens with two attached hydrogens (primary N) is 1. The molecule has 1 unspecified atom stereocenters. The molecule has 1 rings (SSSR count). The maximum Gasteiger partial charge on any atom is 0.140 e. The molecule has 5 heteroatoms. The minimum absolute atomic E-state index is 0.567. The number of hydrogen-bond acceptors (Lipinski definition) is 5. The first kappa shape index (κ1) is 13.3. The molecule has 0 aliphatic heterocycles. The lowest BCUT2D eigenvalue weighted by Crippen LogP contribution is -2.30. The highest BCUT2D eigenvalue weighted by Crippen LogP contribution is 2.11. The van der Waals surface area contributed by atoms with Crippen LogP contribution in [0.3, 0.4) is 0 Å². The van der Waals surface area contributed by atoms with E-state index in [9.17, 15) is 0 Å². The number of hydrogen-bond donors (Lipinski definition) is 2. The van der Waals surface area contributed by atoms with Crippen LogP contribution in [0.15, 0.2) is 18.3 Å². The Morgan fingerprint density at radius 2 is 2.38 bits per heavy atom. The van der Waals surface area contributed by atoms with Gasteiger partial charge in [-0.15, -0.1) is 0 Å². The zero-order chi connectivity index (χ0) is 12.0. The van der Waals surface area contributed by atoms with Gasteiger partial charge in [-0.05, 0) is 37.9 Å². The van der Waals surface area contributed by atoms with Gasteiger partial charge >= 0.3 is 0 Å². The first-order chi connectivity index (χ1) is 7.67. The Kier molecular flexibility index (Phi) is 5.59. The fourth-order valence-electron chi connectivity index (χ4n) is 1.46. The van der Waals surface area contributed by atoms with Crippen molar-refractivity contribution in [1.82, 2.24) is 9.88 Å². The number of rotatable bonds is 6. The third-order valence-corrected chi connectivity index (χ3v) is 3.38. The van der Waals surface area contributed by atoms with Gasteiger partial charge in [0.2, 0.25) is 0 Å². The van der Waals surface area contributed by atoms with E-state index in [0.29, 0.717) is 11.9 Å². The van der Waals surface area contributed by atoms with Gasteiger partial charge < -0.3 is 5.43 Å². The van der Waals surface area contributed by atoms with Gasteiger partial charge in [0.15, 0.2) is 0 Å². The van der Waals surface area contributed by atoms with E-state index in [1.54, 1.807) is 6.20 Å². The molecule has 1 aromatic heterocycles. The maximum absolute atomic E-state index is 5.33. The maximum atomic E-state index is 5.33. The van der Waals surface area contributed by atoms with E-state index in [4.69, 9.17) is 5.84 Å². The van der Waals surface area contributed by atoms with Crippen LogP contribution >= 0.6 is 11.8 Å². The fraction of sp³-hybridized carbons (Fsp3) is 0.545. The number of hydrazine groups is 1. The summed E-state index contributed by atoms with van der Waals surface area (Å²) >= 11 is 1.87. The van der Waals surface area contributed by atoms with Gasteiger partial charge in [-0.2, -0.15) is 11.8 Å². The van der Waals surface area contributed by atoms with Crippen LogP contribution in [0, 0.1) is 0 Å². The monoisotopic (exact) mass is 240 g/mol. The predicted molar refractivity (Wildman–Crippen MR) is 71.4 cm³/mol. The van der Waals surface area contributed by atoms with Crippen LogP contribution in [-0.2, 0) is 6.54 Å². The first-order valence-electron chi connectivity index (χ1n) is 5.28. The van der Waals surface area contributed by atoms with E-state index in [1.165, 1.54) is 5.56 Å². The number of pyridine rings is 1. The minimum Gasteiger partial charge on any atom is -0.308 e. The Morgan fingerprint density at radius 3 is 3.00 bits per heavy atom. The summed E-state index contributed by atoms with van der Waals surface area (Å²) in [7, 11) is 2.14. The molecule has 1 atom stereocenters. The van der Waals surface area contributed by atoms with Crippen LogP contribution in [0.5, 0.6) is 0 Å². The number of nitrogens with zero attached hydrogens (tertiary/aromatic N) is 2. The average molecular weight is 240 g/mol. The molecule has 4 nitrogen and oxygen atoms in total. The fourth-order valence-corrected chi connectivity index (χ4v) is 2.20. The van der Waals surface area contributed by atoms with Crippen molar-refractivity contribution in [3.8, 4) is 0 Å². The van der Waals surface area contributed by atoms with Crippen LogP contribution in [0.25, 0.3) is 0 Å². The second-order valence-corrected chi connectivity index (χ2v) is 4.82. The molecule has 0 spiro atoms. The number of anilines is 1. The molecule has 0 saturated carbocycles. The van der Waals surface area contributed by atoms with Crippen molar-refractivity contribution in [2.45, 2.75) is 19.5 Å². The summed E-state index contributed by atoms with van der Waals surface area (Å²) in [5, 5.41) is 0. The lowest BCUT2D eigenvalue weighted by molar-refractivity contribution is 0.269. The quantitative estimate of drug-likeness (QED) is 0.583. The Hall–Kier alpha value is -0.780. The molecule has 3 N–H and O–H groups in total. The van der Waals surface area contributed by atoms with E-state index in [1.807, 2.05) is 23.9 Å². The van der Waals surface area contributed by atoms with Crippen LogP contribution in [0.2, 0.25) is 0 Å². The molecule has 0 bridgehead atoms. The third kappa shape index (κ3) is 4.00. The van der Waals surface area contributed by atoms with Crippen molar-refractivity contribution in [1.29, 1.82) is 0 Å². The van der Waals surface area contributed by atoms with Crippen molar-refractivity contribution < 1.29 is 0 Å². The lowest BCUT2D eigenvalue weighted by Gasteiger charge is -2.24. The van der Waals surface area contributed by atoms with Crippen molar-refractivity contribution in [2.24, 2.45) is 5.84 Å². The molecule has 0 aromatic carbocycles. The summed E-state index contributed by atoms with van der Waals surface area (Å²) in [5.74, 6) is 7.18. The standard InChI is InChI=1S/C11H20N4S/c1-9(8-16-3)15(2)7-10-4-5-13-11(6-10)14-12/h4-6,9H,7-8,12H2,1-3H3,(H,13,14). The van der Waals surface area contributed by atoms with Crippen LogP contribution < -0.4 is 11.3 Å². The topological polar surface area (TPSA) is 54.2 Å². The smallest absolute Gasteiger partial charge is 0.140 e. The highest BCUT2D eigenvalue weighted by atomic mass is 32.2. The zero-order valence-electron chi connectivity index (χ0n) is 10.1. The molecule has 0 radical (unpaired) electrons. The number of thioether (sulfide) groups is 1. The van der Waals surface area contributed by atoms with E-state index < -0.39 is 0 Å². The van der Waals surface area contributed by atoms with E-state index in [0.717, 1.165) is 12.3 Å². The second-order valence-electron chi connectivity index (χ2n) is 3.91. The van der Waals surface area contributed by atoms with E-state index in [2.05, 4.69) is 35.5 Å². The normalized spacial score (nSPS) is 12.8. The number of aromatic nitrogens is 1. The molecule has 0 aliphatic rings. The predicted octanol–water partition coefficient (Wildman–Crippen LogP) is 1.55. The van der Waals surface area contributed by atoms with E-state index in [-0.39, 0.29) is 0 Å². The highest BCUT2D eigenvalue weighted by molar-refractivity contribution is 7.98. The van der Waals surface area contributed by atoms with Gasteiger partial charge in [0.1, 0.15) is 5.82 Å². The summed E-state index contributed by atoms with van der Waals surface area (Å²) in [5.41, 5.74) is 3.78. The van der Waals surface area contributed by atoms with Crippen LogP contribution in [-0.4, -0.2) is 35.0 Å². The Balaban J connectivity index is 2.58. The largest absolute Gasteiger partial charge is 0.308 e. The van der Waals surface area contributed by atoms with Crippen LogP contribution in [0.4, 0.5) is 5.82 Å². The van der Waals surface area contributed by atoms with Gasteiger partial charge in [0.05, 0.1) is 0 Å². The van der Waals surface area contributed by atoms with Gasteiger partial charge in [0.25, 0.3) is 0 Å². The molecular weight excluding hydrogens is 220 g/mol. The van der Waals surface area contributed by atoms with Crippen molar-refractivity contribution >= 4 is 17.6 Å². The van der Waals surface area contributed by atoms with Crippen molar-refractivity contribution in [3.63, 3.8) is 0 Å². The van der Waals surface area contributed by atoms with Gasteiger partial charge in [-0.1, -0.05) is 0 Å². The van der Waals surface area contributed by atoms with E-state index >= 15 is 0 Å². The third-order valence-electron chi connectivity index (χ3n) is 2.56. The lowest BCUT2D eigenvalue weighted by atomic mass is 10.2. The Labute approximate surface area is 102 Å². The molecule has 0 amide bonds. The summed E-state index contributed by atoms with van der Waals surface area (Å²) in [4.78, 5) is 6.41. The SMILES string of the molecule is CSCC(C)N(C)Cc1ccnc(NN)c1. The van der Waals surface area contributed by atoms with Crippen LogP contribution in [0.1, 0.15) is 12.5 Å². The molecule has 90 valence electrons.